The number of rotatable bonds is 6. The molecule has 2 aromatic carbocycles. The van der Waals surface area contributed by atoms with Crippen LogP contribution in [0.15, 0.2) is 42.5 Å². The summed E-state index contributed by atoms with van der Waals surface area (Å²) in [6.45, 7) is 0.280. The molecule has 0 radical (unpaired) electrons. The van der Waals surface area contributed by atoms with Crippen molar-refractivity contribution >= 4 is 0 Å². The summed E-state index contributed by atoms with van der Waals surface area (Å²) in [5.74, 6) is 0.243. The molecule has 0 aliphatic carbocycles. The first kappa shape index (κ1) is 17.0. The SMILES string of the molecule is COc1ccc(-c2ccc(OCCN)c(OC(F)(F)F)c2)cc1. The quantitative estimate of drug-likeness (QED) is 0.881. The number of nitrogens with two attached hydrogens (primary N) is 1. The van der Waals surface area contributed by atoms with Crippen molar-refractivity contribution in [3.8, 4) is 28.4 Å². The summed E-state index contributed by atoms with van der Waals surface area (Å²) >= 11 is 0. The Labute approximate surface area is 131 Å². The predicted molar refractivity (Wildman–Crippen MR) is 79.7 cm³/mol. The normalized spacial score (nSPS) is 11.2. The first-order valence-corrected chi connectivity index (χ1v) is 6.80. The molecule has 0 aliphatic rings. The maximum absolute atomic E-state index is 12.6. The van der Waals surface area contributed by atoms with Crippen molar-refractivity contribution in [2.45, 2.75) is 6.36 Å². The lowest BCUT2D eigenvalue weighted by Crippen LogP contribution is -2.18. The highest BCUT2D eigenvalue weighted by Gasteiger charge is 2.32. The molecule has 0 saturated heterocycles. The van der Waals surface area contributed by atoms with Gasteiger partial charge in [-0.2, -0.15) is 0 Å². The molecule has 0 atom stereocenters. The first-order valence-electron chi connectivity index (χ1n) is 6.80. The zero-order valence-electron chi connectivity index (χ0n) is 12.4. The lowest BCUT2D eigenvalue weighted by Gasteiger charge is -2.15. The molecule has 124 valence electrons. The molecule has 0 unspecified atom stereocenters. The Morgan fingerprint density at radius 1 is 0.957 bits per heavy atom. The van der Waals surface area contributed by atoms with Crippen molar-refractivity contribution in [1.82, 2.24) is 0 Å². The van der Waals surface area contributed by atoms with Crippen LogP contribution < -0.4 is 19.9 Å². The van der Waals surface area contributed by atoms with Crippen molar-refractivity contribution in [3.63, 3.8) is 0 Å². The largest absolute Gasteiger partial charge is 0.573 e. The van der Waals surface area contributed by atoms with E-state index in [0.29, 0.717) is 11.3 Å². The number of ether oxygens (including phenoxy) is 3. The number of hydrogen-bond donors (Lipinski definition) is 1. The van der Waals surface area contributed by atoms with Gasteiger partial charge in [-0.3, -0.25) is 0 Å². The van der Waals surface area contributed by atoms with Crippen LogP contribution in [0.2, 0.25) is 0 Å². The van der Waals surface area contributed by atoms with Gasteiger partial charge in [0.1, 0.15) is 12.4 Å². The van der Waals surface area contributed by atoms with Gasteiger partial charge in [0.15, 0.2) is 11.5 Å². The van der Waals surface area contributed by atoms with Gasteiger partial charge in [-0.05, 0) is 35.4 Å². The molecule has 0 aliphatic heterocycles. The third kappa shape index (κ3) is 4.79. The van der Waals surface area contributed by atoms with Gasteiger partial charge in [-0.15, -0.1) is 13.2 Å². The molecule has 4 nitrogen and oxygen atoms in total. The molecular weight excluding hydrogens is 311 g/mol. The van der Waals surface area contributed by atoms with Gasteiger partial charge in [0, 0.05) is 6.54 Å². The zero-order valence-corrected chi connectivity index (χ0v) is 12.4. The van der Waals surface area contributed by atoms with E-state index in [1.165, 1.54) is 19.2 Å². The lowest BCUT2D eigenvalue weighted by atomic mass is 10.1. The Bertz CT molecular complexity index is 642. The van der Waals surface area contributed by atoms with Crippen LogP contribution in [0.25, 0.3) is 11.1 Å². The Morgan fingerprint density at radius 2 is 1.61 bits per heavy atom. The molecule has 0 aromatic heterocycles. The average Bonchev–Trinajstić information content (AvgIpc) is 2.52. The maximum atomic E-state index is 12.6. The molecule has 0 fully saturated rings. The number of hydrogen-bond acceptors (Lipinski definition) is 4. The molecule has 2 N–H and O–H groups in total. The van der Waals surface area contributed by atoms with Gasteiger partial charge < -0.3 is 19.9 Å². The van der Waals surface area contributed by atoms with Crippen molar-refractivity contribution in [2.24, 2.45) is 5.73 Å². The van der Waals surface area contributed by atoms with Crippen molar-refractivity contribution in [1.29, 1.82) is 0 Å². The van der Waals surface area contributed by atoms with Gasteiger partial charge in [-0.25, -0.2) is 0 Å². The molecule has 0 spiro atoms. The van der Waals surface area contributed by atoms with Crippen LogP contribution in [0, 0.1) is 0 Å². The Morgan fingerprint density at radius 3 is 2.17 bits per heavy atom. The van der Waals surface area contributed by atoms with Crippen molar-refractivity contribution in [2.75, 3.05) is 20.3 Å². The minimum absolute atomic E-state index is 0.00923. The van der Waals surface area contributed by atoms with E-state index in [2.05, 4.69) is 4.74 Å². The number of alkyl halides is 3. The summed E-state index contributed by atoms with van der Waals surface area (Å²) in [4.78, 5) is 0. The molecule has 2 aromatic rings. The highest BCUT2D eigenvalue weighted by Crippen LogP contribution is 2.36. The van der Waals surface area contributed by atoms with E-state index in [9.17, 15) is 13.2 Å². The Hall–Kier alpha value is -2.41. The summed E-state index contributed by atoms with van der Waals surface area (Å²) in [5.41, 5.74) is 6.59. The average molecular weight is 327 g/mol. The second-order valence-corrected chi connectivity index (χ2v) is 4.57. The van der Waals surface area contributed by atoms with Crippen LogP contribution in [0.3, 0.4) is 0 Å². The van der Waals surface area contributed by atoms with Crippen LogP contribution in [-0.2, 0) is 0 Å². The highest BCUT2D eigenvalue weighted by molar-refractivity contribution is 5.67. The summed E-state index contributed by atoms with van der Waals surface area (Å²) in [6, 6.07) is 11.3. The van der Waals surface area contributed by atoms with Gasteiger partial charge in [0.2, 0.25) is 0 Å². The summed E-state index contributed by atoms with van der Waals surface area (Å²) in [6.07, 6.45) is -4.81. The van der Waals surface area contributed by atoms with Gasteiger partial charge in [0.05, 0.1) is 7.11 Å². The maximum Gasteiger partial charge on any atom is 0.573 e. The smallest absolute Gasteiger partial charge is 0.497 e. The molecular formula is C16H16F3NO3. The van der Waals surface area contributed by atoms with Gasteiger partial charge >= 0.3 is 6.36 Å². The molecule has 0 saturated carbocycles. The molecule has 7 heteroatoms. The van der Waals surface area contributed by atoms with E-state index in [4.69, 9.17) is 15.2 Å². The van der Waals surface area contributed by atoms with E-state index < -0.39 is 12.1 Å². The number of benzene rings is 2. The summed E-state index contributed by atoms with van der Waals surface area (Å²) in [5, 5.41) is 0. The number of methoxy groups -OCH3 is 1. The van der Waals surface area contributed by atoms with Crippen LogP contribution in [-0.4, -0.2) is 26.6 Å². The fourth-order valence-corrected chi connectivity index (χ4v) is 1.96. The molecule has 0 heterocycles. The van der Waals surface area contributed by atoms with E-state index >= 15 is 0 Å². The molecule has 23 heavy (non-hydrogen) atoms. The highest BCUT2D eigenvalue weighted by atomic mass is 19.4. The van der Waals surface area contributed by atoms with E-state index in [1.54, 1.807) is 30.3 Å². The first-order chi connectivity index (χ1) is 10.9. The molecule has 0 amide bonds. The Balaban J connectivity index is 2.35. The summed E-state index contributed by atoms with van der Waals surface area (Å²) < 4.78 is 52.0. The van der Waals surface area contributed by atoms with Crippen molar-refractivity contribution in [3.05, 3.63) is 42.5 Å². The van der Waals surface area contributed by atoms with Gasteiger partial charge in [0.25, 0.3) is 0 Å². The Kier molecular flexibility index (Phi) is 5.33. The van der Waals surface area contributed by atoms with Crippen LogP contribution in [0.5, 0.6) is 17.2 Å². The van der Waals surface area contributed by atoms with Crippen LogP contribution >= 0.6 is 0 Å². The minimum Gasteiger partial charge on any atom is -0.497 e. The molecule has 0 bridgehead atoms. The fraction of sp³-hybridized carbons (Fsp3) is 0.250. The third-order valence-corrected chi connectivity index (χ3v) is 2.97. The lowest BCUT2D eigenvalue weighted by molar-refractivity contribution is -0.275. The zero-order chi connectivity index (χ0) is 16.9. The van der Waals surface area contributed by atoms with Crippen LogP contribution in [0.4, 0.5) is 13.2 Å². The van der Waals surface area contributed by atoms with E-state index in [1.807, 2.05) is 0 Å². The number of halogens is 3. The topological polar surface area (TPSA) is 53.7 Å². The van der Waals surface area contributed by atoms with Crippen LogP contribution in [0.1, 0.15) is 0 Å². The minimum atomic E-state index is -4.81. The van der Waals surface area contributed by atoms with E-state index in [-0.39, 0.29) is 18.9 Å². The summed E-state index contributed by atoms with van der Waals surface area (Å²) in [7, 11) is 1.54. The predicted octanol–water partition coefficient (Wildman–Crippen LogP) is 3.60. The fourth-order valence-electron chi connectivity index (χ4n) is 1.96. The van der Waals surface area contributed by atoms with Gasteiger partial charge in [-0.1, -0.05) is 18.2 Å². The van der Waals surface area contributed by atoms with Crippen molar-refractivity contribution < 1.29 is 27.4 Å². The third-order valence-electron chi connectivity index (χ3n) is 2.97. The second-order valence-electron chi connectivity index (χ2n) is 4.57. The molecule has 2 rings (SSSR count). The monoisotopic (exact) mass is 327 g/mol. The standard InChI is InChI=1S/C16H16F3NO3/c1-21-13-5-2-11(3-6-13)12-4-7-14(22-9-8-20)15(10-12)23-16(17,18)19/h2-7,10H,8-9,20H2,1H3. The van der Waals surface area contributed by atoms with E-state index in [0.717, 1.165) is 5.56 Å². The second kappa shape index (κ2) is 7.23.